The van der Waals surface area contributed by atoms with Crippen molar-refractivity contribution in [2.24, 2.45) is 0 Å². The molecule has 0 spiro atoms. The third-order valence-corrected chi connectivity index (χ3v) is 2.58. The molecule has 0 radical (unpaired) electrons. The second-order valence-electron chi connectivity index (χ2n) is 3.19. The van der Waals surface area contributed by atoms with Crippen LogP contribution in [0.3, 0.4) is 0 Å². The lowest BCUT2D eigenvalue weighted by Gasteiger charge is -2.12. The lowest BCUT2D eigenvalue weighted by Crippen LogP contribution is -2.23. The van der Waals surface area contributed by atoms with Gasteiger partial charge in [0, 0.05) is 24.1 Å². The van der Waals surface area contributed by atoms with E-state index in [2.05, 4.69) is 28.6 Å². The first-order valence-corrected chi connectivity index (χ1v) is 5.42. The van der Waals surface area contributed by atoms with Gasteiger partial charge < -0.3 is 4.90 Å². The van der Waals surface area contributed by atoms with Gasteiger partial charge in [-0.15, -0.1) is 12.6 Å². The van der Waals surface area contributed by atoms with E-state index in [4.69, 9.17) is 0 Å². The van der Waals surface area contributed by atoms with E-state index in [0.717, 1.165) is 4.47 Å². The highest BCUT2D eigenvalue weighted by molar-refractivity contribution is 9.10. The molecule has 0 aliphatic rings. The summed E-state index contributed by atoms with van der Waals surface area (Å²) in [5, 5.41) is -0.415. The molecule has 15 heavy (non-hydrogen) atoms. The fourth-order valence-electron chi connectivity index (χ4n) is 1.12. The Labute approximate surface area is 102 Å². The van der Waals surface area contributed by atoms with Crippen molar-refractivity contribution in [1.82, 2.24) is 4.90 Å². The van der Waals surface area contributed by atoms with Gasteiger partial charge in [0.15, 0.2) is 0 Å². The molecular weight excluding hydrogens is 278 g/mol. The summed E-state index contributed by atoms with van der Waals surface area (Å²) in [7, 11) is 3.27. The van der Waals surface area contributed by atoms with Crippen LogP contribution in [0.1, 0.15) is 20.7 Å². The van der Waals surface area contributed by atoms with Gasteiger partial charge >= 0.3 is 0 Å². The smallest absolute Gasteiger partial charge is 0.254 e. The maximum atomic E-state index is 11.7. The lowest BCUT2D eigenvalue weighted by atomic mass is 10.1. The van der Waals surface area contributed by atoms with Crippen molar-refractivity contribution in [2.75, 3.05) is 14.1 Å². The van der Waals surface area contributed by atoms with Crippen molar-refractivity contribution in [3.05, 3.63) is 33.8 Å². The van der Waals surface area contributed by atoms with E-state index in [0.29, 0.717) is 11.1 Å². The van der Waals surface area contributed by atoms with E-state index >= 15 is 0 Å². The van der Waals surface area contributed by atoms with Crippen LogP contribution in [0, 0.1) is 0 Å². The molecule has 1 rings (SSSR count). The van der Waals surface area contributed by atoms with E-state index in [1.807, 2.05) is 0 Å². The quantitative estimate of drug-likeness (QED) is 0.847. The van der Waals surface area contributed by atoms with Gasteiger partial charge in [-0.2, -0.15) is 0 Å². The Morgan fingerprint density at radius 2 is 1.87 bits per heavy atom. The standard InChI is InChI=1S/C10H10BrNO2S/c1-12(2)9(13)7-4-3-6(11)5-8(7)10(14)15/h3-5H,1-2H3,(H,14,15). The minimum atomic E-state index is -0.415. The minimum Gasteiger partial charge on any atom is -0.345 e. The maximum Gasteiger partial charge on any atom is 0.254 e. The van der Waals surface area contributed by atoms with Crippen molar-refractivity contribution in [3.8, 4) is 0 Å². The van der Waals surface area contributed by atoms with E-state index in [-0.39, 0.29) is 5.91 Å². The average molecular weight is 288 g/mol. The van der Waals surface area contributed by atoms with Gasteiger partial charge in [-0.3, -0.25) is 9.59 Å². The number of amides is 1. The van der Waals surface area contributed by atoms with E-state index in [1.165, 1.54) is 4.90 Å². The molecular formula is C10H10BrNO2S. The summed E-state index contributed by atoms with van der Waals surface area (Å²) < 4.78 is 0.746. The fraction of sp³-hybridized carbons (Fsp3) is 0.200. The second-order valence-corrected chi connectivity index (χ2v) is 4.52. The van der Waals surface area contributed by atoms with Crippen molar-refractivity contribution in [2.45, 2.75) is 0 Å². The SMILES string of the molecule is CN(C)C(=O)c1ccc(Br)cc1C(=O)S. The summed E-state index contributed by atoms with van der Waals surface area (Å²) in [6, 6.07) is 4.92. The van der Waals surface area contributed by atoms with Crippen molar-refractivity contribution >= 4 is 39.6 Å². The predicted octanol–water partition coefficient (Wildman–Crippen LogP) is 2.22. The number of benzene rings is 1. The first kappa shape index (κ1) is 12.3. The Kier molecular flexibility index (Phi) is 3.93. The Balaban J connectivity index is 3.29. The highest BCUT2D eigenvalue weighted by Gasteiger charge is 2.16. The zero-order valence-corrected chi connectivity index (χ0v) is 10.8. The Morgan fingerprint density at radius 3 is 2.33 bits per heavy atom. The van der Waals surface area contributed by atoms with E-state index in [1.54, 1.807) is 32.3 Å². The number of thiol groups is 1. The minimum absolute atomic E-state index is 0.208. The van der Waals surface area contributed by atoms with Crippen molar-refractivity contribution in [1.29, 1.82) is 0 Å². The highest BCUT2D eigenvalue weighted by atomic mass is 79.9. The van der Waals surface area contributed by atoms with Crippen molar-refractivity contribution in [3.63, 3.8) is 0 Å². The molecule has 0 aliphatic carbocycles. The zero-order chi connectivity index (χ0) is 11.6. The Bertz CT molecular complexity index is 418. The Morgan fingerprint density at radius 1 is 1.27 bits per heavy atom. The van der Waals surface area contributed by atoms with Crippen molar-refractivity contribution < 1.29 is 9.59 Å². The molecule has 0 N–H and O–H groups in total. The summed E-state index contributed by atoms with van der Waals surface area (Å²) >= 11 is 6.98. The number of halogens is 1. The average Bonchev–Trinajstić information content (AvgIpc) is 2.16. The van der Waals surface area contributed by atoms with Crippen LogP contribution >= 0.6 is 28.6 Å². The number of nitrogens with zero attached hydrogens (tertiary/aromatic N) is 1. The number of hydrogen-bond donors (Lipinski definition) is 1. The monoisotopic (exact) mass is 287 g/mol. The molecule has 0 saturated carbocycles. The maximum absolute atomic E-state index is 11.7. The number of carbonyl (C=O) groups is 2. The Hall–Kier alpha value is -0.810. The van der Waals surface area contributed by atoms with E-state index in [9.17, 15) is 9.59 Å². The molecule has 0 aliphatic heterocycles. The third-order valence-electron chi connectivity index (χ3n) is 1.85. The van der Waals surface area contributed by atoms with Crippen LogP contribution in [0.4, 0.5) is 0 Å². The van der Waals surface area contributed by atoms with Gasteiger partial charge in [-0.05, 0) is 18.2 Å². The van der Waals surface area contributed by atoms with Gasteiger partial charge in [0.25, 0.3) is 5.91 Å². The number of hydrogen-bond acceptors (Lipinski definition) is 2. The van der Waals surface area contributed by atoms with Crippen LogP contribution in [-0.2, 0) is 0 Å². The molecule has 3 nitrogen and oxygen atoms in total. The molecule has 0 atom stereocenters. The van der Waals surface area contributed by atoms with Crippen LogP contribution in [0.25, 0.3) is 0 Å². The number of carbonyl (C=O) groups excluding carboxylic acids is 2. The summed E-state index contributed by atoms with van der Waals surface area (Å²) in [5.74, 6) is -0.208. The van der Waals surface area contributed by atoms with Gasteiger partial charge in [0.2, 0.25) is 5.12 Å². The molecule has 0 aromatic heterocycles. The molecule has 0 heterocycles. The molecule has 0 unspecified atom stereocenters. The molecule has 1 aromatic rings. The van der Waals surface area contributed by atoms with Crippen LogP contribution in [0.2, 0.25) is 0 Å². The van der Waals surface area contributed by atoms with E-state index < -0.39 is 5.12 Å². The fourth-order valence-corrected chi connectivity index (χ4v) is 1.67. The summed E-state index contributed by atoms with van der Waals surface area (Å²) in [6.45, 7) is 0. The highest BCUT2D eigenvalue weighted by Crippen LogP contribution is 2.19. The van der Waals surface area contributed by atoms with Crippen LogP contribution in [0.5, 0.6) is 0 Å². The topological polar surface area (TPSA) is 37.4 Å². The summed E-state index contributed by atoms with van der Waals surface area (Å²) in [6.07, 6.45) is 0. The molecule has 0 fully saturated rings. The van der Waals surface area contributed by atoms with Gasteiger partial charge in [0.05, 0.1) is 5.56 Å². The zero-order valence-electron chi connectivity index (χ0n) is 8.32. The van der Waals surface area contributed by atoms with Crippen LogP contribution < -0.4 is 0 Å². The van der Waals surface area contributed by atoms with Crippen LogP contribution in [-0.4, -0.2) is 30.0 Å². The second kappa shape index (κ2) is 4.81. The molecule has 1 amide bonds. The first-order chi connectivity index (χ1) is 6.93. The molecule has 0 saturated heterocycles. The predicted molar refractivity (Wildman–Crippen MR) is 65.5 cm³/mol. The molecule has 80 valence electrons. The molecule has 1 aromatic carbocycles. The lowest BCUT2D eigenvalue weighted by molar-refractivity contribution is 0.0823. The normalized spacial score (nSPS) is 9.87. The molecule has 0 bridgehead atoms. The number of rotatable bonds is 2. The van der Waals surface area contributed by atoms with Gasteiger partial charge in [-0.1, -0.05) is 15.9 Å². The molecule has 5 heteroatoms. The first-order valence-electron chi connectivity index (χ1n) is 4.18. The largest absolute Gasteiger partial charge is 0.345 e. The summed E-state index contributed by atoms with van der Waals surface area (Å²) in [5.41, 5.74) is 0.676. The third kappa shape index (κ3) is 2.82. The summed E-state index contributed by atoms with van der Waals surface area (Å²) in [4.78, 5) is 24.3. The van der Waals surface area contributed by atoms with Gasteiger partial charge in [0.1, 0.15) is 0 Å². The van der Waals surface area contributed by atoms with Crippen LogP contribution in [0.15, 0.2) is 22.7 Å². The van der Waals surface area contributed by atoms with Gasteiger partial charge in [-0.25, -0.2) is 0 Å².